The fourth-order valence-electron chi connectivity index (χ4n) is 4.37. The predicted octanol–water partition coefficient (Wildman–Crippen LogP) is 2.96. The van der Waals surface area contributed by atoms with Gasteiger partial charge >= 0.3 is 12.0 Å². The molecule has 11 heteroatoms. The van der Waals surface area contributed by atoms with Crippen LogP contribution in [0.4, 0.5) is 10.5 Å². The molecule has 2 aromatic rings. The summed E-state index contributed by atoms with van der Waals surface area (Å²) in [4.78, 5) is 41.6. The second-order valence-corrected chi connectivity index (χ2v) is 9.71. The van der Waals surface area contributed by atoms with Crippen LogP contribution in [0, 0.1) is 0 Å². The van der Waals surface area contributed by atoms with Gasteiger partial charge in [-0.2, -0.15) is 0 Å². The van der Waals surface area contributed by atoms with E-state index in [4.69, 9.17) is 9.57 Å². The van der Waals surface area contributed by atoms with E-state index >= 15 is 0 Å². The fourth-order valence-corrected chi connectivity index (χ4v) is 4.37. The monoisotopic (exact) mass is 557 g/mol. The molecule has 0 unspecified atom stereocenters. The smallest absolute Gasteiger partial charge is 0.365 e. The summed E-state index contributed by atoms with van der Waals surface area (Å²) in [6.45, 7) is 3.20. The number of unbranched alkanes of at least 4 members (excludes halogenated alkanes) is 3. The van der Waals surface area contributed by atoms with Gasteiger partial charge in [0.15, 0.2) is 0 Å². The number of aromatic hydroxyl groups is 1. The van der Waals surface area contributed by atoms with Crippen molar-refractivity contribution in [2.75, 3.05) is 37.7 Å². The number of urea groups is 1. The first-order valence-electron chi connectivity index (χ1n) is 13.6. The summed E-state index contributed by atoms with van der Waals surface area (Å²) in [5.41, 5.74) is 2.65. The molecule has 0 aromatic heterocycles. The lowest BCUT2D eigenvalue weighted by molar-refractivity contribution is -0.179. The average Bonchev–Trinajstić information content (AvgIpc) is 3.22. The Bertz CT molecular complexity index is 1140. The van der Waals surface area contributed by atoms with Crippen LogP contribution in [0.1, 0.15) is 61.8 Å². The number of imide groups is 1. The van der Waals surface area contributed by atoms with Crippen LogP contribution in [0.25, 0.3) is 0 Å². The van der Waals surface area contributed by atoms with E-state index in [2.05, 4.69) is 5.32 Å². The van der Waals surface area contributed by atoms with E-state index in [0.717, 1.165) is 57.6 Å². The largest absolute Gasteiger partial charge is 0.508 e. The number of nitrogens with one attached hydrogen (secondary N) is 1. The number of aliphatic hydroxyl groups excluding tert-OH is 2. The summed E-state index contributed by atoms with van der Waals surface area (Å²) < 4.78 is 5.75. The third-order valence-corrected chi connectivity index (χ3v) is 6.51. The van der Waals surface area contributed by atoms with Crippen LogP contribution in [0.15, 0.2) is 42.5 Å². The van der Waals surface area contributed by atoms with E-state index in [1.165, 1.54) is 11.0 Å². The normalized spacial score (nSPS) is 14.2. The van der Waals surface area contributed by atoms with Gasteiger partial charge in [0, 0.05) is 37.9 Å². The molecule has 0 bridgehead atoms. The molecule has 218 valence electrons. The molecule has 11 nitrogen and oxygen atoms in total. The zero-order valence-corrected chi connectivity index (χ0v) is 22.9. The van der Waals surface area contributed by atoms with Gasteiger partial charge in [0.25, 0.3) is 5.91 Å². The molecule has 0 aliphatic carbocycles. The van der Waals surface area contributed by atoms with Crippen molar-refractivity contribution in [1.29, 1.82) is 0 Å². The lowest BCUT2D eigenvalue weighted by atomic mass is 10.1. The Morgan fingerprint density at radius 1 is 1.05 bits per heavy atom. The van der Waals surface area contributed by atoms with Crippen LogP contribution in [-0.2, 0) is 32.2 Å². The van der Waals surface area contributed by atoms with E-state index < -0.39 is 24.0 Å². The number of carbonyl (C=O) groups is 3. The van der Waals surface area contributed by atoms with Crippen molar-refractivity contribution >= 4 is 23.6 Å². The molecule has 3 rings (SSSR count). The highest BCUT2D eigenvalue weighted by molar-refractivity contribution is 6.11. The first-order valence-corrected chi connectivity index (χ1v) is 13.6. The Kier molecular flexibility index (Phi) is 12.4. The van der Waals surface area contributed by atoms with Crippen molar-refractivity contribution in [1.82, 2.24) is 10.4 Å². The van der Waals surface area contributed by atoms with Gasteiger partial charge in [0.05, 0.1) is 12.7 Å². The molecule has 0 saturated carbocycles. The minimum Gasteiger partial charge on any atom is -0.508 e. The van der Waals surface area contributed by atoms with Gasteiger partial charge < -0.3 is 30.2 Å². The molecule has 1 saturated heterocycles. The molecule has 1 aliphatic rings. The molecule has 0 radical (unpaired) electrons. The summed E-state index contributed by atoms with van der Waals surface area (Å²) in [7, 11) is 0. The third kappa shape index (κ3) is 9.30. The lowest BCUT2D eigenvalue weighted by Crippen LogP contribution is -2.34. The van der Waals surface area contributed by atoms with E-state index in [1.54, 1.807) is 18.2 Å². The number of amides is 3. The van der Waals surface area contributed by atoms with Crippen LogP contribution < -0.4 is 10.2 Å². The molecule has 1 fully saturated rings. The standard InChI is InChI=1S/C29H39N3O8/c1-21(34)40-32-28(37)19-31(29(32)38)25-10-6-8-22(16-25)9-7-15-39-14-5-3-2-4-13-30-18-27(36)23-11-12-26(35)24(17-23)20-33/h6,8,10-12,16-17,27,30,33,35-36H,2-5,7,9,13-15,18-20H2,1H3/t27-/m0/s1. The van der Waals surface area contributed by atoms with Crippen LogP contribution in [0.3, 0.4) is 0 Å². The first kappa shape index (κ1) is 31.0. The number of hydroxylamine groups is 2. The summed E-state index contributed by atoms with van der Waals surface area (Å²) in [6.07, 6.45) is 4.95. The van der Waals surface area contributed by atoms with Gasteiger partial charge in [0.2, 0.25) is 0 Å². The highest BCUT2D eigenvalue weighted by Gasteiger charge is 2.39. The second-order valence-electron chi connectivity index (χ2n) is 9.71. The van der Waals surface area contributed by atoms with E-state index in [-0.39, 0.29) is 18.9 Å². The molecule has 1 atom stereocenters. The van der Waals surface area contributed by atoms with Gasteiger partial charge in [-0.3, -0.25) is 9.69 Å². The van der Waals surface area contributed by atoms with E-state index in [9.17, 15) is 29.7 Å². The number of aliphatic hydroxyl groups is 2. The molecular weight excluding hydrogens is 518 g/mol. The molecule has 0 spiro atoms. The number of nitrogens with zero attached hydrogens (tertiary/aromatic N) is 2. The quantitative estimate of drug-likeness (QED) is 0.170. The van der Waals surface area contributed by atoms with E-state index in [0.29, 0.717) is 41.6 Å². The maximum Gasteiger partial charge on any atom is 0.365 e. The van der Waals surface area contributed by atoms with Crippen molar-refractivity contribution in [2.45, 2.75) is 58.2 Å². The zero-order valence-electron chi connectivity index (χ0n) is 22.9. The minimum atomic E-state index is -0.729. The predicted molar refractivity (Wildman–Crippen MR) is 147 cm³/mol. The Hall–Kier alpha value is -3.51. The molecule has 4 N–H and O–H groups in total. The number of rotatable bonds is 17. The minimum absolute atomic E-state index is 0.0213. The van der Waals surface area contributed by atoms with Gasteiger partial charge in [-0.25, -0.2) is 9.59 Å². The van der Waals surface area contributed by atoms with Crippen LogP contribution in [0.2, 0.25) is 0 Å². The van der Waals surface area contributed by atoms with Crippen molar-refractivity contribution < 1.29 is 39.3 Å². The summed E-state index contributed by atoms with van der Waals surface area (Å²) in [6, 6.07) is 11.4. The number of hydrogen-bond acceptors (Lipinski definition) is 9. The molecular formula is C29H39N3O8. The Morgan fingerprint density at radius 2 is 1.82 bits per heavy atom. The Labute approximate surface area is 234 Å². The van der Waals surface area contributed by atoms with Crippen LogP contribution in [0.5, 0.6) is 5.75 Å². The Balaban J connectivity index is 1.22. The molecule has 3 amide bonds. The van der Waals surface area contributed by atoms with Crippen LogP contribution in [-0.4, -0.2) is 71.1 Å². The van der Waals surface area contributed by atoms with Gasteiger partial charge in [0.1, 0.15) is 12.3 Å². The van der Waals surface area contributed by atoms with Gasteiger partial charge in [-0.1, -0.05) is 36.1 Å². The topological polar surface area (TPSA) is 149 Å². The highest BCUT2D eigenvalue weighted by atomic mass is 16.7. The summed E-state index contributed by atoms with van der Waals surface area (Å²) >= 11 is 0. The maximum atomic E-state index is 12.4. The van der Waals surface area contributed by atoms with Crippen molar-refractivity contribution in [3.63, 3.8) is 0 Å². The molecule has 1 aliphatic heterocycles. The number of anilines is 1. The highest BCUT2D eigenvalue weighted by Crippen LogP contribution is 2.24. The van der Waals surface area contributed by atoms with Crippen molar-refractivity contribution in [3.05, 3.63) is 59.2 Å². The van der Waals surface area contributed by atoms with E-state index in [1.807, 2.05) is 18.2 Å². The fraction of sp³-hybridized carbons (Fsp3) is 0.483. The van der Waals surface area contributed by atoms with Crippen LogP contribution >= 0.6 is 0 Å². The van der Waals surface area contributed by atoms with Crippen molar-refractivity contribution in [2.24, 2.45) is 0 Å². The number of ether oxygens (including phenoxy) is 1. The molecule has 2 aromatic carbocycles. The number of carbonyl (C=O) groups excluding carboxylic acids is 3. The lowest BCUT2D eigenvalue weighted by Gasteiger charge is -2.16. The summed E-state index contributed by atoms with van der Waals surface area (Å²) in [5, 5.41) is 32.9. The SMILES string of the molecule is CC(=O)ON1C(=O)CN(c2cccc(CCCOCCCCCCNC[C@H](O)c3ccc(O)c(CO)c3)c2)C1=O. The number of aryl methyl sites for hydroxylation is 1. The van der Waals surface area contributed by atoms with Gasteiger partial charge in [-0.05, 0) is 67.6 Å². The number of phenols is 1. The zero-order chi connectivity index (χ0) is 28.9. The van der Waals surface area contributed by atoms with Crippen molar-refractivity contribution in [3.8, 4) is 5.75 Å². The third-order valence-electron chi connectivity index (χ3n) is 6.51. The number of benzene rings is 2. The second kappa shape index (κ2) is 15.9. The maximum absolute atomic E-state index is 12.4. The number of hydrogen-bond donors (Lipinski definition) is 4. The summed E-state index contributed by atoms with van der Waals surface area (Å²) in [5.74, 6) is -1.29. The molecule has 40 heavy (non-hydrogen) atoms. The average molecular weight is 558 g/mol. The molecule has 1 heterocycles. The van der Waals surface area contributed by atoms with Gasteiger partial charge in [-0.15, -0.1) is 0 Å². The Morgan fingerprint density at radius 3 is 2.60 bits per heavy atom. The first-order chi connectivity index (χ1) is 19.3.